The van der Waals surface area contributed by atoms with E-state index in [1.165, 1.54) is 0 Å². The summed E-state index contributed by atoms with van der Waals surface area (Å²) >= 11 is 0. The number of nitriles is 1. The number of benzene rings is 7. The first-order valence-corrected chi connectivity index (χ1v) is 15.9. The molecule has 222 valence electrons. The maximum Gasteiger partial charge on any atom is 0.211 e. The average Bonchev–Trinajstić information content (AvgIpc) is 3.67. The van der Waals surface area contributed by atoms with Crippen molar-refractivity contribution in [2.75, 3.05) is 0 Å². The molecular weight excluding hydrogens is 585 g/mol. The Morgan fingerprint density at radius 3 is 1.48 bits per heavy atom. The van der Waals surface area contributed by atoms with Crippen LogP contribution in [0.2, 0.25) is 0 Å². The summed E-state index contributed by atoms with van der Waals surface area (Å²) in [4.78, 5) is 3.99. The van der Waals surface area contributed by atoms with E-state index in [2.05, 4.69) is 141 Å². The van der Waals surface area contributed by atoms with Crippen LogP contribution in [0.3, 0.4) is 0 Å². The molecular formula is C44H26N4. The fraction of sp³-hybridized carbons (Fsp3) is 0. The minimum atomic E-state index is 0.603. The van der Waals surface area contributed by atoms with Crippen LogP contribution >= 0.6 is 0 Å². The SMILES string of the molecule is [C-]#[N+]c1cccc(-c2ccc(-c3ccc(C#N)c(-n4c5ccccc5c5ccccc54)c3)cc2)c1-n1c2ccccc2c2ccccc21. The summed E-state index contributed by atoms with van der Waals surface area (Å²) in [5, 5.41) is 14.8. The number of rotatable bonds is 4. The van der Waals surface area contributed by atoms with E-state index in [1.54, 1.807) is 0 Å². The van der Waals surface area contributed by atoms with Crippen molar-refractivity contribution >= 4 is 49.3 Å². The number of aromatic nitrogens is 2. The molecule has 2 heterocycles. The third-order valence-corrected chi connectivity index (χ3v) is 9.41. The molecule has 0 aliphatic rings. The van der Waals surface area contributed by atoms with E-state index in [1.807, 2.05) is 36.4 Å². The summed E-state index contributed by atoms with van der Waals surface area (Å²) in [7, 11) is 0. The first-order valence-electron chi connectivity index (χ1n) is 15.9. The van der Waals surface area contributed by atoms with Crippen LogP contribution in [0.15, 0.2) is 158 Å². The molecule has 0 spiro atoms. The second kappa shape index (κ2) is 10.9. The second-order valence-corrected chi connectivity index (χ2v) is 11.9. The molecule has 0 amide bonds. The molecule has 4 heteroatoms. The molecule has 0 radical (unpaired) electrons. The number of para-hydroxylation sites is 5. The molecule has 0 atom stereocenters. The lowest BCUT2D eigenvalue weighted by Crippen LogP contribution is -1.98. The van der Waals surface area contributed by atoms with Gasteiger partial charge in [0.15, 0.2) is 0 Å². The minimum Gasteiger partial charge on any atom is -0.318 e. The van der Waals surface area contributed by atoms with Crippen molar-refractivity contribution in [3.05, 3.63) is 175 Å². The highest BCUT2D eigenvalue weighted by atomic mass is 15.0. The van der Waals surface area contributed by atoms with Gasteiger partial charge >= 0.3 is 0 Å². The van der Waals surface area contributed by atoms with Gasteiger partial charge in [0.1, 0.15) is 6.07 Å². The Labute approximate surface area is 277 Å². The molecule has 9 aromatic rings. The van der Waals surface area contributed by atoms with Crippen molar-refractivity contribution in [2.24, 2.45) is 0 Å². The van der Waals surface area contributed by atoms with Gasteiger partial charge in [-0.3, -0.25) is 0 Å². The molecule has 0 N–H and O–H groups in total. The summed E-state index contributed by atoms with van der Waals surface area (Å²) in [5.74, 6) is 0. The Balaban J connectivity index is 1.20. The zero-order valence-electron chi connectivity index (χ0n) is 25.8. The summed E-state index contributed by atoms with van der Waals surface area (Å²) in [6, 6.07) is 56.5. The van der Waals surface area contributed by atoms with Gasteiger partial charge in [-0.1, -0.05) is 121 Å². The van der Waals surface area contributed by atoms with Crippen LogP contribution in [0.1, 0.15) is 5.56 Å². The molecule has 7 aromatic carbocycles. The van der Waals surface area contributed by atoms with Gasteiger partial charge in [-0.15, -0.1) is 0 Å². The highest BCUT2D eigenvalue weighted by Crippen LogP contribution is 2.41. The Bertz CT molecular complexity index is 2690. The van der Waals surface area contributed by atoms with Crippen LogP contribution in [0.25, 0.3) is 82.1 Å². The van der Waals surface area contributed by atoms with E-state index in [0.29, 0.717) is 11.3 Å². The standard InChI is InChI=1S/C44H26N4/c1-46-38-16-10-15-33(44(38)48-41-19-8-4-13-36(41)37-14-5-9-20-42(37)48)30-23-21-29(22-24-30)31-25-26-32(28-45)43(27-31)47-39-17-6-2-11-34(39)35-12-3-7-18-40(35)47/h2-27H. The highest BCUT2D eigenvalue weighted by molar-refractivity contribution is 6.11. The molecule has 48 heavy (non-hydrogen) atoms. The zero-order valence-corrected chi connectivity index (χ0v) is 25.8. The second-order valence-electron chi connectivity index (χ2n) is 11.9. The average molecular weight is 611 g/mol. The van der Waals surface area contributed by atoms with Crippen molar-refractivity contribution in [1.29, 1.82) is 5.26 Å². The fourth-order valence-electron chi connectivity index (χ4n) is 7.27. The van der Waals surface area contributed by atoms with Gasteiger partial charge in [-0.05, 0) is 58.7 Å². The van der Waals surface area contributed by atoms with Gasteiger partial charge in [0.2, 0.25) is 5.69 Å². The lowest BCUT2D eigenvalue weighted by Gasteiger charge is -2.16. The van der Waals surface area contributed by atoms with Crippen LogP contribution in [0.5, 0.6) is 0 Å². The molecule has 4 nitrogen and oxygen atoms in total. The van der Waals surface area contributed by atoms with E-state index < -0.39 is 0 Å². The molecule has 0 fully saturated rings. The summed E-state index contributed by atoms with van der Waals surface area (Å²) in [6.07, 6.45) is 0. The number of hydrogen-bond acceptors (Lipinski definition) is 1. The first kappa shape index (κ1) is 27.4. The van der Waals surface area contributed by atoms with Crippen LogP contribution in [-0.2, 0) is 0 Å². The van der Waals surface area contributed by atoms with Crippen LogP contribution in [-0.4, -0.2) is 9.13 Å². The Morgan fingerprint density at radius 2 is 0.958 bits per heavy atom. The quantitative estimate of drug-likeness (QED) is 0.183. The maximum atomic E-state index is 10.2. The lowest BCUT2D eigenvalue weighted by atomic mass is 9.97. The van der Waals surface area contributed by atoms with Gasteiger partial charge in [0, 0.05) is 21.5 Å². The van der Waals surface area contributed by atoms with Crippen LogP contribution < -0.4 is 0 Å². The third kappa shape index (κ3) is 4.07. The molecule has 0 aliphatic carbocycles. The van der Waals surface area contributed by atoms with E-state index in [0.717, 1.165) is 77.2 Å². The smallest absolute Gasteiger partial charge is 0.211 e. The van der Waals surface area contributed by atoms with Crippen molar-refractivity contribution < 1.29 is 0 Å². The lowest BCUT2D eigenvalue weighted by molar-refractivity contribution is 1.17. The maximum absolute atomic E-state index is 10.2. The zero-order chi connectivity index (χ0) is 32.2. The summed E-state index contributed by atoms with van der Waals surface area (Å²) < 4.78 is 4.44. The van der Waals surface area contributed by atoms with Crippen LogP contribution in [0.4, 0.5) is 5.69 Å². The normalized spacial score (nSPS) is 11.3. The van der Waals surface area contributed by atoms with Crippen molar-refractivity contribution in [2.45, 2.75) is 0 Å². The minimum absolute atomic E-state index is 0.603. The van der Waals surface area contributed by atoms with E-state index in [9.17, 15) is 5.26 Å². The van der Waals surface area contributed by atoms with Gasteiger partial charge in [0.05, 0.1) is 45.6 Å². The number of fused-ring (bicyclic) bond motifs is 6. The predicted molar refractivity (Wildman–Crippen MR) is 197 cm³/mol. The Kier molecular flexibility index (Phi) is 6.22. The molecule has 0 aliphatic heterocycles. The molecule has 0 saturated heterocycles. The van der Waals surface area contributed by atoms with Gasteiger partial charge in [-0.25, -0.2) is 4.85 Å². The van der Waals surface area contributed by atoms with Crippen molar-refractivity contribution in [3.63, 3.8) is 0 Å². The highest BCUT2D eigenvalue weighted by Gasteiger charge is 2.19. The largest absolute Gasteiger partial charge is 0.318 e. The topological polar surface area (TPSA) is 38.0 Å². The summed E-state index contributed by atoms with van der Waals surface area (Å²) in [5.41, 5.74) is 11.3. The van der Waals surface area contributed by atoms with E-state index in [4.69, 9.17) is 6.57 Å². The Hall–Kier alpha value is -6.88. The number of nitrogens with zero attached hydrogens (tertiary/aromatic N) is 4. The van der Waals surface area contributed by atoms with Gasteiger partial charge in [0.25, 0.3) is 0 Å². The van der Waals surface area contributed by atoms with E-state index in [-0.39, 0.29) is 0 Å². The Morgan fingerprint density at radius 1 is 0.479 bits per heavy atom. The first-order chi connectivity index (χ1) is 23.7. The molecule has 9 rings (SSSR count). The van der Waals surface area contributed by atoms with Gasteiger partial charge < -0.3 is 9.13 Å². The molecule has 0 unspecified atom stereocenters. The third-order valence-electron chi connectivity index (χ3n) is 9.41. The van der Waals surface area contributed by atoms with Crippen molar-refractivity contribution in [3.8, 4) is 39.7 Å². The summed E-state index contributed by atoms with van der Waals surface area (Å²) in [6.45, 7) is 8.11. The molecule has 0 saturated carbocycles. The molecule has 2 aromatic heterocycles. The fourth-order valence-corrected chi connectivity index (χ4v) is 7.27. The predicted octanol–water partition coefficient (Wildman–Crippen LogP) is 11.6. The van der Waals surface area contributed by atoms with Gasteiger partial charge in [-0.2, -0.15) is 5.26 Å². The molecule has 0 bridgehead atoms. The number of hydrogen-bond donors (Lipinski definition) is 0. The van der Waals surface area contributed by atoms with Crippen LogP contribution in [0, 0.1) is 17.9 Å². The monoisotopic (exact) mass is 610 g/mol. The van der Waals surface area contributed by atoms with E-state index >= 15 is 0 Å². The van der Waals surface area contributed by atoms with Crippen molar-refractivity contribution in [1.82, 2.24) is 9.13 Å².